The maximum Gasteiger partial charge on any atom is 0.321 e. The van der Waals surface area contributed by atoms with Gasteiger partial charge >= 0.3 is 5.97 Å². The summed E-state index contributed by atoms with van der Waals surface area (Å²) >= 11 is 5.99. The largest absolute Gasteiger partial charge is 0.480 e. The van der Waals surface area contributed by atoms with E-state index in [1.165, 1.54) is 29.2 Å². The Hall–Kier alpha value is -0.0900. The molecule has 0 saturated heterocycles. The van der Waals surface area contributed by atoms with E-state index in [1.54, 1.807) is 6.92 Å². The summed E-state index contributed by atoms with van der Waals surface area (Å²) in [5.41, 5.74) is 0. The Morgan fingerprint density at radius 2 is 2.26 bits per heavy atom. The van der Waals surface area contributed by atoms with Crippen LogP contribution in [0.1, 0.15) is 11.3 Å². The minimum absolute atomic E-state index is 0.125. The van der Waals surface area contributed by atoms with Gasteiger partial charge in [-0.2, -0.15) is 16.5 Å². The summed E-state index contributed by atoms with van der Waals surface area (Å²) in [6.07, 6.45) is 2.09. The maximum atomic E-state index is 12.1. The minimum Gasteiger partial charge on any atom is -0.480 e. The summed E-state index contributed by atoms with van der Waals surface area (Å²) in [6, 6.07) is 0.381. The van der Waals surface area contributed by atoms with E-state index in [0.29, 0.717) is 14.4 Å². The molecule has 0 radical (unpaired) electrons. The topological polar surface area (TPSA) is 83.5 Å². The number of hydrogen-bond donors (Lipinski definition) is 2. The number of thioether (sulfide) groups is 1. The number of rotatable bonds is 7. The molecule has 0 aliphatic rings. The first-order valence-corrected chi connectivity index (χ1v) is 9.76. The fourth-order valence-electron chi connectivity index (χ4n) is 1.42. The highest BCUT2D eigenvalue weighted by molar-refractivity contribution is 9.11. The minimum atomic E-state index is -3.80. The quantitative estimate of drug-likeness (QED) is 0.749. The van der Waals surface area contributed by atoms with E-state index in [4.69, 9.17) is 5.11 Å². The number of carbonyl (C=O) groups is 1. The van der Waals surface area contributed by atoms with E-state index in [-0.39, 0.29) is 11.3 Å². The fraction of sp³-hybridized carbons (Fsp3) is 0.500. The molecule has 0 aromatic carbocycles. The van der Waals surface area contributed by atoms with Gasteiger partial charge in [0.1, 0.15) is 6.04 Å². The molecule has 1 atom stereocenters. The lowest BCUT2D eigenvalue weighted by Crippen LogP contribution is -2.41. The SMILES string of the molecule is CSCC[C@H](NS(=O)(=O)c1cc(Br)sc1C)C(=O)O. The monoisotopic (exact) mass is 387 g/mol. The molecule has 9 heteroatoms. The van der Waals surface area contributed by atoms with E-state index in [0.717, 1.165) is 0 Å². The molecule has 0 unspecified atom stereocenters. The Kier molecular flexibility index (Phi) is 6.31. The lowest BCUT2D eigenvalue weighted by molar-refractivity contribution is -0.139. The molecule has 0 fully saturated rings. The Morgan fingerprint density at radius 3 is 2.68 bits per heavy atom. The highest BCUT2D eigenvalue weighted by atomic mass is 79.9. The number of aryl methyl sites for hydroxylation is 1. The van der Waals surface area contributed by atoms with Gasteiger partial charge in [0.25, 0.3) is 0 Å². The van der Waals surface area contributed by atoms with Crippen molar-refractivity contribution in [3.05, 3.63) is 14.7 Å². The van der Waals surface area contributed by atoms with Crippen LogP contribution in [0.15, 0.2) is 14.7 Å². The van der Waals surface area contributed by atoms with Gasteiger partial charge in [-0.3, -0.25) is 4.79 Å². The molecule has 5 nitrogen and oxygen atoms in total. The van der Waals surface area contributed by atoms with Crippen LogP contribution < -0.4 is 4.72 Å². The van der Waals surface area contributed by atoms with Crippen molar-refractivity contribution in [1.82, 2.24) is 4.72 Å². The lowest BCUT2D eigenvalue weighted by atomic mass is 10.2. The third-order valence-electron chi connectivity index (χ3n) is 2.34. The number of sulfonamides is 1. The van der Waals surface area contributed by atoms with Gasteiger partial charge in [-0.15, -0.1) is 11.3 Å². The molecule has 0 bridgehead atoms. The average Bonchev–Trinajstić information content (AvgIpc) is 2.64. The van der Waals surface area contributed by atoms with Crippen molar-refractivity contribution in [2.45, 2.75) is 24.3 Å². The van der Waals surface area contributed by atoms with E-state index in [1.807, 2.05) is 6.26 Å². The molecule has 0 spiro atoms. The number of carboxylic acids is 1. The first kappa shape index (κ1) is 17.0. The van der Waals surface area contributed by atoms with E-state index in [9.17, 15) is 13.2 Å². The number of carboxylic acid groups (broad SMARTS) is 1. The lowest BCUT2D eigenvalue weighted by Gasteiger charge is -2.14. The van der Waals surface area contributed by atoms with Crippen molar-refractivity contribution in [1.29, 1.82) is 0 Å². The van der Waals surface area contributed by atoms with Crippen LogP contribution >= 0.6 is 39.0 Å². The highest BCUT2D eigenvalue weighted by Gasteiger charge is 2.27. The van der Waals surface area contributed by atoms with Gasteiger partial charge in [-0.05, 0) is 47.3 Å². The summed E-state index contributed by atoms with van der Waals surface area (Å²) in [5, 5.41) is 9.04. The predicted molar refractivity (Wildman–Crippen MR) is 81.5 cm³/mol. The Balaban J connectivity index is 2.94. The van der Waals surface area contributed by atoms with E-state index < -0.39 is 22.0 Å². The van der Waals surface area contributed by atoms with Crippen LogP contribution in [0, 0.1) is 6.92 Å². The number of hydrogen-bond acceptors (Lipinski definition) is 5. The molecule has 0 aliphatic heterocycles. The van der Waals surface area contributed by atoms with Gasteiger partial charge < -0.3 is 5.11 Å². The summed E-state index contributed by atoms with van der Waals surface area (Å²) in [7, 11) is -3.80. The Labute approximate surface area is 129 Å². The zero-order valence-corrected chi connectivity index (χ0v) is 14.4. The van der Waals surface area contributed by atoms with Gasteiger partial charge in [0.15, 0.2) is 0 Å². The van der Waals surface area contributed by atoms with Crippen molar-refractivity contribution in [3.8, 4) is 0 Å². The number of nitrogens with one attached hydrogen (secondary N) is 1. The third-order valence-corrected chi connectivity index (χ3v) is 6.26. The number of aliphatic carboxylic acids is 1. The van der Waals surface area contributed by atoms with Crippen molar-refractivity contribution < 1.29 is 18.3 Å². The molecule has 1 heterocycles. The van der Waals surface area contributed by atoms with Crippen LogP contribution in [0.4, 0.5) is 0 Å². The van der Waals surface area contributed by atoms with Crippen LogP contribution in [0.2, 0.25) is 0 Å². The van der Waals surface area contributed by atoms with Crippen LogP contribution in [-0.4, -0.2) is 37.5 Å². The standard InChI is InChI=1S/C10H14BrNO4S3/c1-6-8(5-9(11)18-6)19(15,16)12-7(10(13)14)3-4-17-2/h5,7,12H,3-4H2,1-2H3,(H,13,14)/t7-/m0/s1. The smallest absolute Gasteiger partial charge is 0.321 e. The highest BCUT2D eigenvalue weighted by Crippen LogP contribution is 2.29. The molecule has 1 aromatic heterocycles. The van der Waals surface area contributed by atoms with Gasteiger partial charge in [-0.25, -0.2) is 8.42 Å². The molecule has 0 saturated carbocycles. The molecule has 0 aliphatic carbocycles. The van der Waals surface area contributed by atoms with Crippen molar-refractivity contribution in [2.24, 2.45) is 0 Å². The molecule has 108 valence electrons. The molecule has 0 amide bonds. The Bertz CT molecular complexity index is 555. The zero-order valence-electron chi connectivity index (χ0n) is 10.3. The molecule has 1 rings (SSSR count). The predicted octanol–water partition coefficient (Wildman–Crippen LogP) is 2.30. The second kappa shape index (κ2) is 7.07. The molecule has 1 aromatic rings. The molecule has 2 N–H and O–H groups in total. The third kappa shape index (κ3) is 4.75. The van der Waals surface area contributed by atoms with Crippen LogP contribution in [0.3, 0.4) is 0 Å². The zero-order chi connectivity index (χ0) is 14.6. The number of thiophene rings is 1. The molecular formula is C10H14BrNO4S3. The van der Waals surface area contributed by atoms with Crippen molar-refractivity contribution in [2.75, 3.05) is 12.0 Å². The van der Waals surface area contributed by atoms with Crippen LogP contribution in [0.25, 0.3) is 0 Å². The molecule has 19 heavy (non-hydrogen) atoms. The normalized spacial score (nSPS) is 13.4. The van der Waals surface area contributed by atoms with E-state index in [2.05, 4.69) is 20.7 Å². The van der Waals surface area contributed by atoms with Gasteiger partial charge in [0.2, 0.25) is 10.0 Å². The first-order chi connectivity index (χ1) is 8.77. The van der Waals surface area contributed by atoms with Gasteiger partial charge in [0.05, 0.1) is 8.68 Å². The summed E-state index contributed by atoms with van der Waals surface area (Å²) < 4.78 is 27.2. The van der Waals surface area contributed by atoms with E-state index >= 15 is 0 Å². The Morgan fingerprint density at radius 1 is 1.63 bits per heavy atom. The van der Waals surface area contributed by atoms with Crippen LogP contribution in [-0.2, 0) is 14.8 Å². The number of halogens is 1. The maximum absolute atomic E-state index is 12.1. The van der Waals surface area contributed by atoms with Gasteiger partial charge in [-0.1, -0.05) is 0 Å². The fourth-order valence-corrected chi connectivity index (χ4v) is 5.53. The summed E-state index contributed by atoms with van der Waals surface area (Å²) in [4.78, 5) is 11.8. The average molecular weight is 388 g/mol. The van der Waals surface area contributed by atoms with Crippen molar-refractivity contribution >= 4 is 55.0 Å². The van der Waals surface area contributed by atoms with Crippen LogP contribution in [0.5, 0.6) is 0 Å². The summed E-state index contributed by atoms with van der Waals surface area (Å²) in [5.74, 6) is -0.587. The molecular weight excluding hydrogens is 374 g/mol. The van der Waals surface area contributed by atoms with Crippen molar-refractivity contribution in [3.63, 3.8) is 0 Å². The first-order valence-electron chi connectivity index (χ1n) is 5.28. The second-order valence-electron chi connectivity index (χ2n) is 3.76. The van der Waals surface area contributed by atoms with Gasteiger partial charge in [0, 0.05) is 4.88 Å². The second-order valence-corrected chi connectivity index (χ2v) is 9.07. The summed E-state index contributed by atoms with van der Waals surface area (Å²) in [6.45, 7) is 1.68.